The first kappa shape index (κ1) is 31.7. The van der Waals surface area contributed by atoms with Gasteiger partial charge in [0, 0.05) is 22.5 Å². The van der Waals surface area contributed by atoms with E-state index >= 15 is 0 Å². The quantitative estimate of drug-likeness (QED) is 0.148. The lowest BCUT2D eigenvalue weighted by Gasteiger charge is -2.11. The second-order valence-corrected chi connectivity index (χ2v) is 11.3. The van der Waals surface area contributed by atoms with Crippen molar-refractivity contribution in [3.05, 3.63) is 80.7 Å². The lowest BCUT2D eigenvalue weighted by molar-refractivity contribution is 0.101. The summed E-state index contributed by atoms with van der Waals surface area (Å²) in [6.45, 7) is 5.67. The first-order valence-corrected chi connectivity index (χ1v) is 15.6. The van der Waals surface area contributed by atoms with Gasteiger partial charge in [0.2, 0.25) is 0 Å². The molecule has 0 aliphatic heterocycles. The Morgan fingerprint density at radius 3 is 1.35 bits per heavy atom. The average Bonchev–Trinajstić information content (AvgIpc) is 2.95. The summed E-state index contributed by atoms with van der Waals surface area (Å²) in [5.41, 5.74) is 2.28. The standard InChI is InChI=1S/C32H38Br2N2O4/c1-3-5-7-9-19-39-29-17-11-23(21-27(29)33)31(37)35-25-13-15-26(16-14-25)36-32(38)24-12-18-30(28(34)22-24)40-20-10-8-6-4-2/h11-18,21-22H,3-10,19-20H2,1-2H3,(H,35,37)(H,36,38). The number of nitrogens with one attached hydrogen (secondary N) is 2. The van der Waals surface area contributed by atoms with E-state index in [1.807, 2.05) is 12.1 Å². The van der Waals surface area contributed by atoms with Crippen LogP contribution in [0.3, 0.4) is 0 Å². The fourth-order valence-electron chi connectivity index (χ4n) is 3.98. The molecule has 6 nitrogen and oxygen atoms in total. The molecular formula is C32H38Br2N2O4. The van der Waals surface area contributed by atoms with Gasteiger partial charge in [-0.2, -0.15) is 0 Å². The van der Waals surface area contributed by atoms with Crippen molar-refractivity contribution >= 4 is 55.0 Å². The summed E-state index contributed by atoms with van der Waals surface area (Å²) in [5, 5.41) is 5.78. The van der Waals surface area contributed by atoms with Gasteiger partial charge in [0.05, 0.1) is 22.2 Å². The monoisotopic (exact) mass is 672 g/mol. The molecule has 0 fully saturated rings. The number of amides is 2. The van der Waals surface area contributed by atoms with Crippen LogP contribution in [0.2, 0.25) is 0 Å². The number of carbonyl (C=O) groups excluding carboxylic acids is 2. The third-order valence-corrected chi connectivity index (χ3v) is 7.54. The molecular weight excluding hydrogens is 636 g/mol. The molecule has 3 rings (SSSR count). The van der Waals surface area contributed by atoms with Gasteiger partial charge >= 0.3 is 0 Å². The molecule has 3 aromatic rings. The fourth-order valence-corrected chi connectivity index (χ4v) is 4.97. The van der Waals surface area contributed by atoms with Gasteiger partial charge in [-0.3, -0.25) is 9.59 Å². The van der Waals surface area contributed by atoms with E-state index < -0.39 is 0 Å². The van der Waals surface area contributed by atoms with E-state index in [4.69, 9.17) is 9.47 Å². The molecule has 0 heterocycles. The van der Waals surface area contributed by atoms with Gasteiger partial charge in [0.1, 0.15) is 11.5 Å². The minimum absolute atomic E-state index is 0.232. The molecule has 0 aliphatic carbocycles. The molecule has 40 heavy (non-hydrogen) atoms. The van der Waals surface area contributed by atoms with Crippen LogP contribution in [0, 0.1) is 0 Å². The van der Waals surface area contributed by atoms with Crippen LogP contribution in [0.5, 0.6) is 11.5 Å². The average molecular weight is 674 g/mol. The van der Waals surface area contributed by atoms with Crippen LogP contribution in [0.25, 0.3) is 0 Å². The molecule has 8 heteroatoms. The minimum atomic E-state index is -0.232. The van der Waals surface area contributed by atoms with Crippen LogP contribution < -0.4 is 20.1 Å². The molecule has 0 radical (unpaired) electrons. The Balaban J connectivity index is 1.50. The highest BCUT2D eigenvalue weighted by Crippen LogP contribution is 2.28. The highest BCUT2D eigenvalue weighted by molar-refractivity contribution is 9.10. The summed E-state index contributed by atoms with van der Waals surface area (Å²) >= 11 is 7.02. The third-order valence-electron chi connectivity index (χ3n) is 6.30. The molecule has 0 spiro atoms. The van der Waals surface area contributed by atoms with E-state index in [1.54, 1.807) is 48.5 Å². The zero-order chi connectivity index (χ0) is 28.7. The number of unbranched alkanes of at least 4 members (excludes halogenated alkanes) is 6. The van der Waals surface area contributed by atoms with E-state index in [-0.39, 0.29) is 11.8 Å². The maximum Gasteiger partial charge on any atom is 0.255 e. The molecule has 2 amide bonds. The third kappa shape index (κ3) is 10.3. The van der Waals surface area contributed by atoms with Gasteiger partial charge in [-0.1, -0.05) is 52.4 Å². The molecule has 2 N–H and O–H groups in total. The Labute approximate surface area is 254 Å². The maximum absolute atomic E-state index is 12.8. The minimum Gasteiger partial charge on any atom is -0.492 e. The number of carbonyl (C=O) groups is 2. The number of hydrogen-bond acceptors (Lipinski definition) is 4. The van der Waals surface area contributed by atoms with Crippen molar-refractivity contribution in [2.45, 2.75) is 65.2 Å². The lowest BCUT2D eigenvalue weighted by Crippen LogP contribution is -2.13. The van der Waals surface area contributed by atoms with Crippen molar-refractivity contribution in [3.8, 4) is 11.5 Å². The summed E-state index contributed by atoms with van der Waals surface area (Å²) in [5.74, 6) is 0.989. The van der Waals surface area contributed by atoms with Crippen molar-refractivity contribution in [3.63, 3.8) is 0 Å². The fraction of sp³-hybridized carbons (Fsp3) is 0.375. The van der Waals surface area contributed by atoms with Crippen LogP contribution in [-0.2, 0) is 0 Å². The molecule has 0 unspecified atom stereocenters. The van der Waals surface area contributed by atoms with Crippen LogP contribution >= 0.6 is 31.9 Å². The molecule has 0 aromatic heterocycles. The summed E-state index contributed by atoms with van der Waals surface area (Å²) in [7, 11) is 0. The van der Waals surface area contributed by atoms with Crippen molar-refractivity contribution in [2.75, 3.05) is 23.8 Å². The largest absolute Gasteiger partial charge is 0.492 e. The molecule has 0 saturated heterocycles. The number of ether oxygens (including phenoxy) is 2. The second kappa shape index (κ2) is 17.1. The zero-order valence-electron chi connectivity index (χ0n) is 23.2. The molecule has 0 atom stereocenters. The Morgan fingerprint density at radius 2 is 1.00 bits per heavy atom. The molecule has 0 bridgehead atoms. The summed E-state index contributed by atoms with van der Waals surface area (Å²) in [6, 6.07) is 17.6. The maximum atomic E-state index is 12.8. The number of hydrogen-bond donors (Lipinski definition) is 2. The number of halogens is 2. The van der Waals surface area contributed by atoms with Crippen LogP contribution in [0.4, 0.5) is 11.4 Å². The van der Waals surface area contributed by atoms with Crippen LogP contribution in [0.15, 0.2) is 69.6 Å². The highest BCUT2D eigenvalue weighted by Gasteiger charge is 2.12. The SMILES string of the molecule is CCCCCCOc1ccc(C(=O)Nc2ccc(NC(=O)c3ccc(OCCCCCC)c(Br)c3)cc2)cc1Br. The number of benzene rings is 3. The van der Waals surface area contributed by atoms with E-state index in [1.165, 1.54) is 25.7 Å². The molecule has 3 aromatic carbocycles. The van der Waals surface area contributed by atoms with E-state index in [9.17, 15) is 9.59 Å². The first-order valence-electron chi connectivity index (χ1n) is 14.0. The van der Waals surface area contributed by atoms with E-state index in [0.717, 1.165) is 46.1 Å². The van der Waals surface area contributed by atoms with Crippen LogP contribution in [-0.4, -0.2) is 25.0 Å². The van der Waals surface area contributed by atoms with Gasteiger partial charge in [0.25, 0.3) is 11.8 Å². The molecule has 0 aliphatic rings. The van der Waals surface area contributed by atoms with Crippen molar-refractivity contribution < 1.29 is 19.1 Å². The van der Waals surface area contributed by atoms with Gasteiger partial charge < -0.3 is 20.1 Å². The lowest BCUT2D eigenvalue weighted by atomic mass is 10.2. The predicted octanol–water partition coefficient (Wildman–Crippen LogP) is 9.63. The van der Waals surface area contributed by atoms with Crippen molar-refractivity contribution in [2.24, 2.45) is 0 Å². The van der Waals surface area contributed by atoms with Crippen LogP contribution in [0.1, 0.15) is 85.9 Å². The van der Waals surface area contributed by atoms with Crippen molar-refractivity contribution in [1.29, 1.82) is 0 Å². The Hall–Kier alpha value is -2.84. The number of rotatable bonds is 16. The Morgan fingerprint density at radius 1 is 0.600 bits per heavy atom. The second-order valence-electron chi connectivity index (χ2n) is 9.59. The summed E-state index contributed by atoms with van der Waals surface area (Å²) in [6.07, 6.45) is 9.11. The van der Waals surface area contributed by atoms with E-state index in [0.29, 0.717) is 35.7 Å². The number of anilines is 2. The van der Waals surface area contributed by atoms with E-state index in [2.05, 4.69) is 56.3 Å². The summed E-state index contributed by atoms with van der Waals surface area (Å²) < 4.78 is 13.1. The molecule has 0 saturated carbocycles. The van der Waals surface area contributed by atoms with Crippen molar-refractivity contribution in [1.82, 2.24) is 0 Å². The zero-order valence-corrected chi connectivity index (χ0v) is 26.4. The smallest absolute Gasteiger partial charge is 0.255 e. The highest BCUT2D eigenvalue weighted by atomic mass is 79.9. The first-order chi connectivity index (χ1) is 19.4. The van der Waals surface area contributed by atoms with Gasteiger partial charge in [-0.25, -0.2) is 0 Å². The Bertz CT molecular complexity index is 1150. The van der Waals surface area contributed by atoms with Gasteiger partial charge in [0.15, 0.2) is 0 Å². The summed E-state index contributed by atoms with van der Waals surface area (Å²) in [4.78, 5) is 25.5. The van der Waals surface area contributed by atoms with Gasteiger partial charge in [-0.15, -0.1) is 0 Å². The molecule has 214 valence electrons. The predicted molar refractivity (Wildman–Crippen MR) is 170 cm³/mol. The topological polar surface area (TPSA) is 76.7 Å². The normalized spacial score (nSPS) is 10.7. The van der Waals surface area contributed by atoms with Gasteiger partial charge in [-0.05, 0) is 105 Å². The Kier molecular flexibility index (Phi) is 13.5.